The highest BCUT2D eigenvalue weighted by Gasteiger charge is 2.34. The van der Waals surface area contributed by atoms with Crippen molar-refractivity contribution >= 4 is 0 Å². The maximum atomic E-state index is 13.6. The second-order valence-corrected chi connectivity index (χ2v) is 6.97. The van der Waals surface area contributed by atoms with Gasteiger partial charge in [-0.3, -0.25) is 0 Å². The Bertz CT molecular complexity index is 1270. The maximum Gasteiger partial charge on any atom is 0.226 e. The van der Waals surface area contributed by atoms with Crippen LogP contribution in [-0.2, 0) is 0 Å². The van der Waals surface area contributed by atoms with Crippen LogP contribution in [0.25, 0.3) is 16.9 Å². The van der Waals surface area contributed by atoms with E-state index in [-0.39, 0.29) is 5.82 Å². The van der Waals surface area contributed by atoms with Gasteiger partial charge in [0, 0.05) is 5.56 Å². The summed E-state index contributed by atoms with van der Waals surface area (Å²) >= 11 is 0. The number of hydrogen-bond acceptors (Lipinski definition) is 3. The third kappa shape index (κ3) is 2.96. The summed E-state index contributed by atoms with van der Waals surface area (Å²) in [5.74, 6) is -0.183. The van der Waals surface area contributed by atoms with E-state index in [1.807, 2.05) is 60.7 Å². The van der Waals surface area contributed by atoms with Crippen LogP contribution in [0.15, 0.2) is 96.8 Å². The van der Waals surface area contributed by atoms with Crippen LogP contribution in [0, 0.1) is 17.1 Å². The molecule has 0 amide bonds. The molecule has 1 unspecified atom stereocenters. The lowest BCUT2D eigenvalue weighted by Crippen LogP contribution is -2.12. The number of nitriles is 1. The monoisotopic (exact) mass is 393 g/mol. The largest absolute Gasteiger partial charge is 0.445 e. The summed E-state index contributed by atoms with van der Waals surface area (Å²) in [6.45, 7) is 0. The SMILES string of the molecule is N#CC1=COc2c(c(-c3ccccc3)nn2-c2ccccc2)C1c1ccc(F)cc1. The van der Waals surface area contributed by atoms with Gasteiger partial charge in [0.2, 0.25) is 5.88 Å². The first-order valence-corrected chi connectivity index (χ1v) is 9.52. The highest BCUT2D eigenvalue weighted by atomic mass is 19.1. The second kappa shape index (κ2) is 7.34. The second-order valence-electron chi connectivity index (χ2n) is 6.97. The third-order valence-corrected chi connectivity index (χ3v) is 5.16. The number of fused-ring (bicyclic) bond motifs is 1. The first kappa shape index (κ1) is 17.9. The zero-order chi connectivity index (χ0) is 20.5. The van der Waals surface area contributed by atoms with Gasteiger partial charge < -0.3 is 4.74 Å². The van der Waals surface area contributed by atoms with E-state index in [1.54, 1.807) is 16.8 Å². The molecule has 1 atom stereocenters. The van der Waals surface area contributed by atoms with Crippen LogP contribution in [0.1, 0.15) is 17.0 Å². The molecule has 0 spiro atoms. The van der Waals surface area contributed by atoms with Crippen molar-refractivity contribution in [2.24, 2.45) is 0 Å². The number of nitrogens with zero attached hydrogens (tertiary/aromatic N) is 3. The minimum absolute atomic E-state index is 0.322. The Labute approximate surface area is 173 Å². The van der Waals surface area contributed by atoms with E-state index in [0.29, 0.717) is 11.5 Å². The molecule has 1 aliphatic heterocycles. The summed E-state index contributed by atoms with van der Waals surface area (Å²) in [7, 11) is 0. The molecule has 0 saturated heterocycles. The van der Waals surface area contributed by atoms with Crippen molar-refractivity contribution in [3.8, 4) is 28.9 Å². The van der Waals surface area contributed by atoms with Gasteiger partial charge in [0.15, 0.2) is 0 Å². The summed E-state index contributed by atoms with van der Waals surface area (Å²) in [5, 5.41) is 14.7. The van der Waals surface area contributed by atoms with Crippen molar-refractivity contribution < 1.29 is 9.13 Å². The molecule has 0 aliphatic carbocycles. The number of para-hydroxylation sites is 1. The molecule has 30 heavy (non-hydrogen) atoms. The molecule has 0 saturated carbocycles. The van der Waals surface area contributed by atoms with Crippen molar-refractivity contribution in [2.75, 3.05) is 0 Å². The molecule has 4 aromatic rings. The zero-order valence-electron chi connectivity index (χ0n) is 15.9. The van der Waals surface area contributed by atoms with Gasteiger partial charge in [-0.2, -0.15) is 15.0 Å². The highest BCUT2D eigenvalue weighted by Crippen LogP contribution is 2.46. The lowest BCUT2D eigenvalue weighted by Gasteiger charge is -2.22. The smallest absolute Gasteiger partial charge is 0.226 e. The van der Waals surface area contributed by atoms with Crippen LogP contribution in [0.2, 0.25) is 0 Å². The zero-order valence-corrected chi connectivity index (χ0v) is 15.9. The summed E-state index contributed by atoms with van der Waals surface area (Å²) in [5.41, 5.74) is 4.53. The Balaban J connectivity index is 1.80. The first-order chi connectivity index (χ1) is 14.8. The molecular weight excluding hydrogens is 377 g/mol. The van der Waals surface area contributed by atoms with Crippen LogP contribution in [0.3, 0.4) is 0 Å². The van der Waals surface area contributed by atoms with E-state index < -0.39 is 5.92 Å². The molecule has 5 heteroatoms. The lowest BCUT2D eigenvalue weighted by molar-refractivity contribution is 0.420. The molecule has 5 rings (SSSR count). The Morgan fingerprint density at radius 2 is 1.57 bits per heavy atom. The van der Waals surface area contributed by atoms with E-state index in [0.717, 1.165) is 28.1 Å². The standard InChI is InChI=1S/C25H16FN3O/c26-20-13-11-17(12-14-20)22-19(15-27)16-30-25-23(22)24(18-7-3-1-4-8-18)28-29(25)21-9-5-2-6-10-21/h1-14,16,22H. The van der Waals surface area contributed by atoms with E-state index >= 15 is 0 Å². The van der Waals surface area contributed by atoms with Gasteiger partial charge in [-0.05, 0) is 29.8 Å². The molecule has 1 aromatic heterocycles. The van der Waals surface area contributed by atoms with Crippen LogP contribution in [-0.4, -0.2) is 9.78 Å². The molecule has 0 radical (unpaired) electrons. The van der Waals surface area contributed by atoms with Crippen LogP contribution in [0.5, 0.6) is 5.88 Å². The molecular formula is C25H16FN3O. The number of benzene rings is 3. The third-order valence-electron chi connectivity index (χ3n) is 5.16. The maximum absolute atomic E-state index is 13.6. The quantitative estimate of drug-likeness (QED) is 0.455. The summed E-state index contributed by atoms with van der Waals surface area (Å²) in [6, 6.07) is 27.9. The molecule has 0 bridgehead atoms. The van der Waals surface area contributed by atoms with Crippen molar-refractivity contribution in [1.29, 1.82) is 5.26 Å². The number of allylic oxidation sites excluding steroid dienone is 1. The van der Waals surface area contributed by atoms with Crippen molar-refractivity contribution in [1.82, 2.24) is 9.78 Å². The van der Waals surface area contributed by atoms with Gasteiger partial charge in [0.05, 0.1) is 28.8 Å². The minimum atomic E-state index is -0.410. The number of halogens is 1. The topological polar surface area (TPSA) is 50.8 Å². The Morgan fingerprint density at radius 3 is 2.23 bits per heavy atom. The summed E-state index contributed by atoms with van der Waals surface area (Å²) < 4.78 is 21.3. The van der Waals surface area contributed by atoms with Gasteiger partial charge in [-0.15, -0.1) is 0 Å². The van der Waals surface area contributed by atoms with Crippen LogP contribution >= 0.6 is 0 Å². The van der Waals surface area contributed by atoms with E-state index in [4.69, 9.17) is 9.84 Å². The summed E-state index contributed by atoms with van der Waals surface area (Å²) in [6.07, 6.45) is 1.46. The average Bonchev–Trinajstić information content (AvgIpc) is 3.20. The molecule has 144 valence electrons. The van der Waals surface area contributed by atoms with E-state index in [1.165, 1.54) is 18.4 Å². The highest BCUT2D eigenvalue weighted by molar-refractivity contribution is 5.71. The van der Waals surface area contributed by atoms with Crippen molar-refractivity contribution in [2.45, 2.75) is 5.92 Å². The lowest BCUT2D eigenvalue weighted by atomic mass is 9.83. The number of aromatic nitrogens is 2. The molecule has 0 fully saturated rings. The molecule has 4 nitrogen and oxygen atoms in total. The summed E-state index contributed by atoms with van der Waals surface area (Å²) in [4.78, 5) is 0. The van der Waals surface area contributed by atoms with Gasteiger partial charge in [0.25, 0.3) is 0 Å². The Morgan fingerprint density at radius 1 is 0.900 bits per heavy atom. The predicted molar refractivity (Wildman–Crippen MR) is 112 cm³/mol. The fourth-order valence-corrected chi connectivity index (χ4v) is 3.78. The number of rotatable bonds is 3. The van der Waals surface area contributed by atoms with Crippen molar-refractivity contribution in [3.05, 3.63) is 114 Å². The first-order valence-electron chi connectivity index (χ1n) is 9.52. The Hall–Kier alpha value is -4.17. The van der Waals surface area contributed by atoms with Gasteiger partial charge in [0.1, 0.15) is 17.8 Å². The van der Waals surface area contributed by atoms with Crippen LogP contribution in [0.4, 0.5) is 4.39 Å². The van der Waals surface area contributed by atoms with Gasteiger partial charge >= 0.3 is 0 Å². The normalized spacial score (nSPS) is 14.9. The fourth-order valence-electron chi connectivity index (χ4n) is 3.78. The fraction of sp³-hybridized carbons (Fsp3) is 0.0400. The Kier molecular flexibility index (Phi) is 4.38. The van der Waals surface area contributed by atoms with E-state index in [9.17, 15) is 9.65 Å². The van der Waals surface area contributed by atoms with Crippen molar-refractivity contribution in [3.63, 3.8) is 0 Å². The number of hydrogen-bond donors (Lipinski definition) is 0. The molecule has 2 heterocycles. The van der Waals surface area contributed by atoms with E-state index in [2.05, 4.69) is 6.07 Å². The average molecular weight is 393 g/mol. The molecule has 1 aliphatic rings. The molecule has 0 N–H and O–H groups in total. The van der Waals surface area contributed by atoms with Gasteiger partial charge in [-0.25, -0.2) is 4.39 Å². The molecule has 3 aromatic carbocycles. The minimum Gasteiger partial charge on any atom is -0.445 e. The predicted octanol–water partition coefficient (Wildman–Crippen LogP) is 5.61. The van der Waals surface area contributed by atoms with Gasteiger partial charge in [-0.1, -0.05) is 60.7 Å². The number of ether oxygens (including phenoxy) is 1. The van der Waals surface area contributed by atoms with Crippen LogP contribution < -0.4 is 4.74 Å².